The summed E-state index contributed by atoms with van der Waals surface area (Å²) >= 11 is 0. The first-order chi connectivity index (χ1) is 12.4. The molecular weight excluding hydrogens is 332 g/mol. The molecule has 0 saturated carbocycles. The van der Waals surface area contributed by atoms with Gasteiger partial charge in [-0.2, -0.15) is 0 Å². The van der Waals surface area contributed by atoms with Gasteiger partial charge >= 0.3 is 0 Å². The van der Waals surface area contributed by atoms with Crippen LogP contribution in [0.3, 0.4) is 0 Å². The second-order valence-corrected chi connectivity index (χ2v) is 6.12. The highest BCUT2D eigenvalue weighted by Gasteiger charge is 2.19. The number of methoxy groups -OCH3 is 1. The average molecular weight is 356 g/mol. The third-order valence-electron chi connectivity index (χ3n) is 3.94. The maximum Gasteiger partial charge on any atom is 0.261 e. The molecule has 2 amide bonds. The molecular formula is C20H24N2O4. The van der Waals surface area contributed by atoms with E-state index in [0.717, 1.165) is 5.56 Å². The third kappa shape index (κ3) is 4.99. The Bertz CT molecular complexity index is 760. The molecule has 26 heavy (non-hydrogen) atoms. The molecule has 0 heterocycles. The van der Waals surface area contributed by atoms with Crippen LogP contribution in [-0.2, 0) is 11.3 Å². The standard InChI is InChI=1S/C20H24N2O4/c1-14(2)22(12-15-7-5-4-6-8-15)19(23)13-26-18-10-9-16(25-3)11-17(18)20(21)24/h4-11,14H,12-13H2,1-3H3,(H2,21,24). The lowest BCUT2D eigenvalue weighted by atomic mass is 10.1. The largest absolute Gasteiger partial charge is 0.497 e. The number of nitrogens with two attached hydrogens (primary N) is 1. The molecule has 2 rings (SSSR count). The smallest absolute Gasteiger partial charge is 0.261 e. The molecule has 6 heteroatoms. The Hall–Kier alpha value is -3.02. The quantitative estimate of drug-likeness (QED) is 0.788. The van der Waals surface area contributed by atoms with Gasteiger partial charge in [0.05, 0.1) is 12.7 Å². The number of nitrogens with zero attached hydrogens (tertiary/aromatic N) is 1. The van der Waals surface area contributed by atoms with E-state index in [-0.39, 0.29) is 29.9 Å². The Balaban J connectivity index is 2.09. The van der Waals surface area contributed by atoms with Crippen LogP contribution in [0.1, 0.15) is 29.8 Å². The molecule has 0 aromatic heterocycles. The van der Waals surface area contributed by atoms with Crippen LogP contribution >= 0.6 is 0 Å². The lowest BCUT2D eigenvalue weighted by molar-refractivity contribution is -0.135. The van der Waals surface area contributed by atoms with E-state index in [2.05, 4.69) is 0 Å². The molecule has 6 nitrogen and oxygen atoms in total. The lowest BCUT2D eigenvalue weighted by Crippen LogP contribution is -2.39. The highest BCUT2D eigenvalue weighted by molar-refractivity contribution is 5.96. The van der Waals surface area contributed by atoms with Crippen LogP contribution in [-0.4, -0.2) is 36.5 Å². The Morgan fingerprint density at radius 1 is 1.12 bits per heavy atom. The minimum absolute atomic E-state index is 0.0118. The van der Waals surface area contributed by atoms with Crippen molar-refractivity contribution in [2.24, 2.45) is 5.73 Å². The molecule has 0 saturated heterocycles. The molecule has 0 aliphatic heterocycles. The van der Waals surface area contributed by atoms with E-state index in [9.17, 15) is 9.59 Å². The van der Waals surface area contributed by atoms with Crippen molar-refractivity contribution in [2.75, 3.05) is 13.7 Å². The fraction of sp³-hybridized carbons (Fsp3) is 0.300. The van der Waals surface area contributed by atoms with E-state index in [4.69, 9.17) is 15.2 Å². The van der Waals surface area contributed by atoms with Crippen LogP contribution in [0.2, 0.25) is 0 Å². The van der Waals surface area contributed by atoms with Gasteiger partial charge in [0.25, 0.3) is 11.8 Å². The molecule has 2 aromatic rings. The Morgan fingerprint density at radius 2 is 1.81 bits per heavy atom. The summed E-state index contributed by atoms with van der Waals surface area (Å²) in [5, 5.41) is 0. The van der Waals surface area contributed by atoms with E-state index < -0.39 is 5.91 Å². The first-order valence-electron chi connectivity index (χ1n) is 8.36. The summed E-state index contributed by atoms with van der Waals surface area (Å²) in [4.78, 5) is 26.0. The van der Waals surface area contributed by atoms with Gasteiger partial charge in [0.2, 0.25) is 0 Å². The van der Waals surface area contributed by atoms with Gasteiger partial charge in [0.15, 0.2) is 6.61 Å². The summed E-state index contributed by atoms with van der Waals surface area (Å²) in [5.41, 5.74) is 6.60. The van der Waals surface area contributed by atoms with Crippen molar-refractivity contribution in [3.63, 3.8) is 0 Å². The number of amides is 2. The second-order valence-electron chi connectivity index (χ2n) is 6.12. The minimum Gasteiger partial charge on any atom is -0.497 e. The van der Waals surface area contributed by atoms with Crippen LogP contribution in [0.5, 0.6) is 11.5 Å². The predicted octanol–water partition coefficient (Wildman–Crippen LogP) is 2.61. The number of ether oxygens (including phenoxy) is 2. The second kappa shape index (κ2) is 8.89. The van der Waals surface area contributed by atoms with E-state index in [1.54, 1.807) is 17.0 Å². The van der Waals surface area contributed by atoms with Crippen molar-refractivity contribution < 1.29 is 19.1 Å². The Morgan fingerprint density at radius 3 is 2.38 bits per heavy atom. The van der Waals surface area contributed by atoms with Gasteiger partial charge in [-0.15, -0.1) is 0 Å². The van der Waals surface area contributed by atoms with Crippen molar-refractivity contribution in [1.29, 1.82) is 0 Å². The zero-order valence-electron chi connectivity index (χ0n) is 15.3. The van der Waals surface area contributed by atoms with Gasteiger partial charge in [-0.1, -0.05) is 30.3 Å². The van der Waals surface area contributed by atoms with E-state index in [1.165, 1.54) is 13.2 Å². The predicted molar refractivity (Wildman–Crippen MR) is 99.1 cm³/mol. The van der Waals surface area contributed by atoms with Gasteiger partial charge in [-0.05, 0) is 37.6 Å². The number of carbonyl (C=O) groups is 2. The van der Waals surface area contributed by atoms with Gasteiger partial charge < -0.3 is 20.1 Å². The van der Waals surface area contributed by atoms with Crippen molar-refractivity contribution in [3.8, 4) is 11.5 Å². The summed E-state index contributed by atoms with van der Waals surface area (Å²) in [6.07, 6.45) is 0. The van der Waals surface area contributed by atoms with Crippen molar-refractivity contribution in [3.05, 3.63) is 59.7 Å². The zero-order valence-corrected chi connectivity index (χ0v) is 15.3. The molecule has 138 valence electrons. The Kier molecular flexibility index (Phi) is 6.60. The van der Waals surface area contributed by atoms with Crippen molar-refractivity contribution in [1.82, 2.24) is 4.90 Å². The van der Waals surface area contributed by atoms with Gasteiger partial charge in [-0.3, -0.25) is 9.59 Å². The molecule has 0 aliphatic rings. The molecule has 0 spiro atoms. The summed E-state index contributed by atoms with van der Waals surface area (Å²) < 4.78 is 10.7. The highest BCUT2D eigenvalue weighted by atomic mass is 16.5. The van der Waals surface area contributed by atoms with Crippen molar-refractivity contribution >= 4 is 11.8 Å². The molecule has 0 unspecified atom stereocenters. The Labute approximate surface area is 153 Å². The summed E-state index contributed by atoms with van der Waals surface area (Å²) in [6, 6.07) is 14.5. The van der Waals surface area contributed by atoms with Crippen molar-refractivity contribution in [2.45, 2.75) is 26.4 Å². The van der Waals surface area contributed by atoms with Crippen LogP contribution in [0.4, 0.5) is 0 Å². The highest BCUT2D eigenvalue weighted by Crippen LogP contribution is 2.24. The normalized spacial score (nSPS) is 10.5. The van der Waals surface area contributed by atoms with Gasteiger partial charge in [0, 0.05) is 12.6 Å². The average Bonchev–Trinajstić information content (AvgIpc) is 2.64. The fourth-order valence-electron chi connectivity index (χ4n) is 2.52. The van der Waals surface area contributed by atoms with Crippen LogP contribution in [0.25, 0.3) is 0 Å². The van der Waals surface area contributed by atoms with E-state index in [0.29, 0.717) is 12.3 Å². The number of benzene rings is 2. The zero-order chi connectivity index (χ0) is 19.1. The molecule has 2 aromatic carbocycles. The number of hydrogen-bond donors (Lipinski definition) is 1. The number of hydrogen-bond acceptors (Lipinski definition) is 4. The first-order valence-corrected chi connectivity index (χ1v) is 8.36. The molecule has 0 radical (unpaired) electrons. The maximum atomic E-state index is 12.6. The van der Waals surface area contributed by atoms with Gasteiger partial charge in [-0.25, -0.2) is 0 Å². The monoisotopic (exact) mass is 356 g/mol. The van der Waals surface area contributed by atoms with Crippen LogP contribution < -0.4 is 15.2 Å². The first kappa shape index (κ1) is 19.3. The maximum absolute atomic E-state index is 12.6. The number of carbonyl (C=O) groups excluding carboxylic acids is 2. The lowest BCUT2D eigenvalue weighted by Gasteiger charge is -2.27. The summed E-state index contributed by atoms with van der Waals surface area (Å²) in [6.45, 7) is 4.20. The fourth-order valence-corrected chi connectivity index (χ4v) is 2.52. The number of rotatable bonds is 8. The molecule has 2 N–H and O–H groups in total. The SMILES string of the molecule is COc1ccc(OCC(=O)N(Cc2ccccc2)C(C)C)c(C(N)=O)c1. The summed E-state index contributed by atoms with van der Waals surface area (Å²) in [7, 11) is 1.49. The van der Waals surface area contributed by atoms with E-state index in [1.807, 2.05) is 44.2 Å². The van der Waals surface area contributed by atoms with Crippen LogP contribution in [0, 0.1) is 0 Å². The molecule has 0 aliphatic carbocycles. The number of primary amides is 1. The summed E-state index contributed by atoms with van der Waals surface area (Å²) in [5.74, 6) is -0.0631. The minimum atomic E-state index is -0.642. The molecule has 0 atom stereocenters. The third-order valence-corrected chi connectivity index (χ3v) is 3.94. The van der Waals surface area contributed by atoms with Gasteiger partial charge in [0.1, 0.15) is 11.5 Å². The van der Waals surface area contributed by atoms with Crippen LogP contribution in [0.15, 0.2) is 48.5 Å². The molecule has 0 fully saturated rings. The molecule has 0 bridgehead atoms. The van der Waals surface area contributed by atoms with E-state index >= 15 is 0 Å². The topological polar surface area (TPSA) is 81.9 Å².